The molecule has 15 heavy (non-hydrogen) atoms. The van der Waals surface area contributed by atoms with Crippen LogP contribution in [0.2, 0.25) is 0 Å². The fraction of sp³-hybridized carbons (Fsp3) is 0.364. The molecule has 0 fully saturated rings. The number of rotatable bonds is 3. The number of carbonyl (C=O) groups excluding carboxylic acids is 1. The maximum absolute atomic E-state index is 11.3. The van der Waals surface area contributed by atoms with Gasteiger partial charge < -0.3 is 9.84 Å². The van der Waals surface area contributed by atoms with Gasteiger partial charge in [-0.15, -0.1) is 5.75 Å². The summed E-state index contributed by atoms with van der Waals surface area (Å²) in [6, 6.07) is 4.52. The topological polar surface area (TPSA) is 49.4 Å². The van der Waals surface area contributed by atoms with Crippen molar-refractivity contribution in [3.05, 3.63) is 29.3 Å². The van der Waals surface area contributed by atoms with E-state index in [4.69, 9.17) is 0 Å². The number of ether oxygens (including phenoxy) is 1. The summed E-state index contributed by atoms with van der Waals surface area (Å²) < 4.78 is 4.57. The molecule has 0 saturated carbocycles. The van der Waals surface area contributed by atoms with Crippen molar-refractivity contribution in [2.75, 3.05) is 7.11 Å². The Kier molecular flexibility index (Phi) is 6.65. The number of aryl methyl sites for hydroxylation is 1. The summed E-state index contributed by atoms with van der Waals surface area (Å²) in [5.74, 6) is -0.415. The van der Waals surface area contributed by atoms with Gasteiger partial charge in [-0.2, -0.15) is 0 Å². The third kappa shape index (κ3) is 3.86. The molecule has 0 bridgehead atoms. The van der Waals surface area contributed by atoms with Crippen molar-refractivity contribution in [1.29, 1.82) is 0 Å². The molecule has 0 spiro atoms. The van der Waals surface area contributed by atoms with Gasteiger partial charge in [-0.3, -0.25) is 0 Å². The number of hydrogen-bond acceptors (Lipinski definition) is 3. The monoisotopic (exact) mass is 216 g/mol. The Morgan fingerprint density at radius 2 is 2.13 bits per heavy atom. The summed E-state index contributed by atoms with van der Waals surface area (Å²) in [5, 5.41) is 11.3. The fourth-order valence-electron chi connectivity index (χ4n) is 1.29. The van der Waals surface area contributed by atoms with Gasteiger partial charge >= 0.3 is 35.5 Å². The zero-order valence-electron chi connectivity index (χ0n) is 9.37. The molecule has 4 heteroatoms. The van der Waals surface area contributed by atoms with Crippen molar-refractivity contribution in [3.8, 4) is 5.75 Å². The van der Waals surface area contributed by atoms with E-state index >= 15 is 0 Å². The maximum Gasteiger partial charge on any atom is 1.00 e. The van der Waals surface area contributed by atoms with Gasteiger partial charge in [0.05, 0.1) is 12.7 Å². The summed E-state index contributed by atoms with van der Waals surface area (Å²) in [4.78, 5) is 11.2. The number of hydrogen-bond donors (Lipinski definition) is 0. The molecule has 0 heterocycles. The van der Waals surface area contributed by atoms with Gasteiger partial charge in [-0.05, 0) is 18.6 Å². The van der Waals surface area contributed by atoms with Crippen LogP contribution in [-0.4, -0.2) is 13.1 Å². The largest absolute Gasteiger partial charge is 1.00 e. The van der Waals surface area contributed by atoms with E-state index in [1.54, 1.807) is 6.07 Å². The van der Waals surface area contributed by atoms with E-state index in [0.29, 0.717) is 17.5 Å². The third-order valence-electron chi connectivity index (χ3n) is 2.00. The Morgan fingerprint density at radius 3 is 2.67 bits per heavy atom. The molecule has 0 unspecified atom stereocenters. The summed E-state index contributed by atoms with van der Waals surface area (Å²) in [6.07, 6.45) is 1.59. The van der Waals surface area contributed by atoms with Gasteiger partial charge in [-0.25, -0.2) is 4.79 Å². The molecule has 1 aromatic rings. The minimum Gasteiger partial charge on any atom is -0.872 e. The first-order chi connectivity index (χ1) is 6.69. The second-order valence-corrected chi connectivity index (χ2v) is 3.06. The van der Waals surface area contributed by atoms with Crippen molar-refractivity contribution >= 4 is 5.97 Å². The first kappa shape index (κ1) is 14.5. The van der Waals surface area contributed by atoms with Crippen LogP contribution in [0.15, 0.2) is 18.2 Å². The summed E-state index contributed by atoms with van der Waals surface area (Å²) in [7, 11) is 1.33. The van der Waals surface area contributed by atoms with Crippen LogP contribution in [-0.2, 0) is 11.2 Å². The molecule has 3 nitrogen and oxygen atoms in total. The van der Waals surface area contributed by atoms with Crippen LogP contribution in [0.1, 0.15) is 29.3 Å². The molecular formula is C11H13NaO3. The van der Waals surface area contributed by atoms with E-state index in [9.17, 15) is 9.90 Å². The van der Waals surface area contributed by atoms with Crippen molar-refractivity contribution in [2.45, 2.75) is 19.8 Å². The molecular weight excluding hydrogens is 203 g/mol. The predicted molar refractivity (Wildman–Crippen MR) is 51.2 cm³/mol. The maximum atomic E-state index is 11.3. The first-order valence-corrected chi connectivity index (χ1v) is 4.57. The molecule has 0 atom stereocenters. The Balaban J connectivity index is 0.00000196. The van der Waals surface area contributed by atoms with Crippen LogP contribution in [0, 0.1) is 0 Å². The van der Waals surface area contributed by atoms with Gasteiger partial charge in [0.15, 0.2) is 0 Å². The molecule has 0 aromatic heterocycles. The Morgan fingerprint density at radius 1 is 1.47 bits per heavy atom. The van der Waals surface area contributed by atoms with E-state index in [1.165, 1.54) is 19.2 Å². The molecule has 1 aromatic carbocycles. The molecule has 1 rings (SSSR count). The van der Waals surface area contributed by atoms with Gasteiger partial charge in [0, 0.05) is 0 Å². The number of benzene rings is 1. The zero-order chi connectivity index (χ0) is 10.6. The van der Waals surface area contributed by atoms with Gasteiger partial charge in [0.1, 0.15) is 0 Å². The smallest absolute Gasteiger partial charge is 0.872 e. The van der Waals surface area contributed by atoms with Gasteiger partial charge in [0.25, 0.3) is 0 Å². The van der Waals surface area contributed by atoms with Gasteiger partial charge in [-0.1, -0.05) is 25.0 Å². The minimum atomic E-state index is -0.401. The average molecular weight is 216 g/mol. The molecule has 76 valence electrons. The second kappa shape index (κ2) is 6.88. The normalized spacial score (nSPS) is 9.20. The molecule has 0 aliphatic carbocycles. The first-order valence-electron chi connectivity index (χ1n) is 4.57. The summed E-state index contributed by atoms with van der Waals surface area (Å²) >= 11 is 0. The quantitative estimate of drug-likeness (QED) is 0.456. The van der Waals surface area contributed by atoms with Crippen LogP contribution < -0.4 is 34.7 Å². The molecule has 0 saturated heterocycles. The van der Waals surface area contributed by atoms with Crippen LogP contribution >= 0.6 is 0 Å². The number of carbonyl (C=O) groups is 1. The van der Waals surface area contributed by atoms with E-state index in [0.717, 1.165) is 6.42 Å². The Bertz CT molecular complexity index is 337. The van der Waals surface area contributed by atoms with Crippen molar-refractivity contribution in [3.63, 3.8) is 0 Å². The SMILES string of the molecule is CCCc1cc(C(=O)OC)ccc1[O-].[Na+]. The molecule has 0 radical (unpaired) electrons. The van der Waals surface area contributed by atoms with Crippen LogP contribution in [0.3, 0.4) is 0 Å². The molecule has 0 amide bonds. The third-order valence-corrected chi connectivity index (χ3v) is 2.00. The number of esters is 1. The van der Waals surface area contributed by atoms with E-state index in [-0.39, 0.29) is 35.3 Å². The van der Waals surface area contributed by atoms with Gasteiger partial charge in [0.2, 0.25) is 0 Å². The van der Waals surface area contributed by atoms with Crippen molar-refractivity contribution in [2.24, 2.45) is 0 Å². The molecule has 0 aliphatic heterocycles. The minimum absolute atomic E-state index is 0. The number of methoxy groups -OCH3 is 1. The zero-order valence-corrected chi connectivity index (χ0v) is 11.4. The van der Waals surface area contributed by atoms with E-state index < -0.39 is 5.97 Å². The molecule has 0 N–H and O–H groups in total. The summed E-state index contributed by atoms with van der Waals surface area (Å²) in [5.41, 5.74) is 1.12. The Labute approximate surface area is 112 Å². The van der Waals surface area contributed by atoms with E-state index in [2.05, 4.69) is 4.74 Å². The van der Waals surface area contributed by atoms with Crippen LogP contribution in [0.25, 0.3) is 0 Å². The fourth-order valence-corrected chi connectivity index (χ4v) is 1.29. The average Bonchev–Trinajstić information content (AvgIpc) is 2.20. The van der Waals surface area contributed by atoms with Crippen molar-refractivity contribution < 1.29 is 44.2 Å². The van der Waals surface area contributed by atoms with Crippen molar-refractivity contribution in [1.82, 2.24) is 0 Å². The predicted octanol–water partition coefficient (Wildman–Crippen LogP) is -1.50. The van der Waals surface area contributed by atoms with Crippen LogP contribution in [0.5, 0.6) is 5.75 Å². The molecule has 0 aliphatic rings. The van der Waals surface area contributed by atoms with Crippen LogP contribution in [0.4, 0.5) is 0 Å². The Hall–Kier alpha value is -0.510. The van der Waals surface area contributed by atoms with E-state index in [1.807, 2.05) is 6.92 Å². The standard InChI is InChI=1S/C11H14O3.Na/c1-3-4-8-7-9(11(13)14-2)5-6-10(8)12;/h5-7,12H,3-4H2,1-2H3;/q;+1/p-1. The summed E-state index contributed by atoms with van der Waals surface area (Å²) in [6.45, 7) is 1.99. The second-order valence-electron chi connectivity index (χ2n) is 3.06.